The van der Waals surface area contributed by atoms with Gasteiger partial charge in [0.05, 0.1) is 5.75 Å². The highest BCUT2D eigenvalue weighted by Gasteiger charge is 2.27. The smallest absolute Gasteiger partial charge is 0.321 e. The van der Waals surface area contributed by atoms with E-state index in [9.17, 15) is 18.0 Å². The summed E-state index contributed by atoms with van der Waals surface area (Å²) in [5.74, 6) is -1.90. The molecule has 1 rings (SSSR count). The summed E-state index contributed by atoms with van der Waals surface area (Å²) in [7, 11) is -3.66. The van der Waals surface area contributed by atoms with Crippen molar-refractivity contribution >= 4 is 21.9 Å². The van der Waals surface area contributed by atoms with Gasteiger partial charge in [0.2, 0.25) is 15.9 Å². The molecular weight excluding hydrogens is 284 g/mol. The number of nitrogens with two attached hydrogens (primary N) is 1. The zero-order chi connectivity index (χ0) is 15.2. The Balaban J connectivity index is 2.55. The molecule has 8 heteroatoms. The van der Waals surface area contributed by atoms with Crippen molar-refractivity contribution in [3.63, 3.8) is 0 Å². The molecule has 0 bridgehead atoms. The first kappa shape index (κ1) is 16.9. The third-order valence-electron chi connectivity index (χ3n) is 3.48. The van der Waals surface area contributed by atoms with Gasteiger partial charge in [0.25, 0.3) is 0 Å². The van der Waals surface area contributed by atoms with Crippen LogP contribution in [0.5, 0.6) is 0 Å². The number of aliphatic carboxylic acids is 1. The lowest BCUT2D eigenvalue weighted by molar-refractivity contribution is -0.139. The lowest BCUT2D eigenvalue weighted by atomic mass is 9.91. The van der Waals surface area contributed by atoms with Crippen LogP contribution in [0.15, 0.2) is 0 Å². The van der Waals surface area contributed by atoms with E-state index in [1.807, 2.05) is 0 Å². The van der Waals surface area contributed by atoms with Gasteiger partial charge < -0.3 is 10.8 Å². The van der Waals surface area contributed by atoms with Gasteiger partial charge in [-0.1, -0.05) is 19.3 Å². The molecule has 1 unspecified atom stereocenters. The molecule has 1 amide bonds. The average molecular weight is 306 g/mol. The Morgan fingerprint density at radius 2 is 1.85 bits per heavy atom. The van der Waals surface area contributed by atoms with Crippen LogP contribution in [0, 0.1) is 5.92 Å². The number of primary amides is 1. The van der Waals surface area contributed by atoms with E-state index in [0.717, 1.165) is 32.1 Å². The first-order valence-electron chi connectivity index (χ1n) is 6.81. The molecule has 116 valence electrons. The van der Waals surface area contributed by atoms with Gasteiger partial charge in [0, 0.05) is 6.42 Å². The maximum atomic E-state index is 12.0. The van der Waals surface area contributed by atoms with Crippen LogP contribution < -0.4 is 10.5 Å². The topological polar surface area (TPSA) is 127 Å². The lowest BCUT2D eigenvalue weighted by Crippen LogP contribution is -2.43. The van der Waals surface area contributed by atoms with Crippen LogP contribution in [0.4, 0.5) is 0 Å². The van der Waals surface area contributed by atoms with Crippen LogP contribution in [-0.2, 0) is 19.6 Å². The summed E-state index contributed by atoms with van der Waals surface area (Å²) in [6.45, 7) is 0. The molecule has 0 saturated heterocycles. The predicted octanol–water partition coefficient (Wildman–Crippen LogP) is 0.205. The third kappa shape index (κ3) is 6.33. The minimum Gasteiger partial charge on any atom is -0.480 e. The van der Waals surface area contributed by atoms with E-state index >= 15 is 0 Å². The molecule has 1 atom stereocenters. The van der Waals surface area contributed by atoms with Gasteiger partial charge in [0.15, 0.2) is 0 Å². The largest absolute Gasteiger partial charge is 0.480 e. The molecule has 0 spiro atoms. The van der Waals surface area contributed by atoms with Crippen LogP contribution in [-0.4, -0.2) is 37.2 Å². The van der Waals surface area contributed by atoms with Crippen LogP contribution in [0.1, 0.15) is 44.9 Å². The Bertz CT molecular complexity index is 443. The maximum absolute atomic E-state index is 12.0. The zero-order valence-electron chi connectivity index (χ0n) is 11.4. The van der Waals surface area contributed by atoms with E-state index in [-0.39, 0.29) is 24.5 Å². The number of carbonyl (C=O) groups is 2. The fourth-order valence-electron chi connectivity index (χ4n) is 2.45. The zero-order valence-corrected chi connectivity index (χ0v) is 12.2. The molecular formula is C12H22N2O5S. The average Bonchev–Trinajstić information content (AvgIpc) is 2.34. The van der Waals surface area contributed by atoms with Gasteiger partial charge in [-0.15, -0.1) is 0 Å². The van der Waals surface area contributed by atoms with Crippen LogP contribution in [0.3, 0.4) is 0 Å². The molecule has 1 saturated carbocycles. The van der Waals surface area contributed by atoms with E-state index in [1.165, 1.54) is 0 Å². The van der Waals surface area contributed by atoms with E-state index in [4.69, 9.17) is 10.8 Å². The second-order valence-corrected chi connectivity index (χ2v) is 7.10. The molecule has 1 aliphatic rings. The first-order chi connectivity index (χ1) is 9.30. The Morgan fingerprint density at radius 1 is 1.25 bits per heavy atom. The molecule has 0 heterocycles. The summed E-state index contributed by atoms with van der Waals surface area (Å²) in [5.41, 5.74) is 4.94. The summed E-state index contributed by atoms with van der Waals surface area (Å²) < 4.78 is 26.1. The van der Waals surface area contributed by atoms with Crippen molar-refractivity contribution in [2.24, 2.45) is 11.7 Å². The second-order valence-electron chi connectivity index (χ2n) is 5.30. The van der Waals surface area contributed by atoms with Crippen molar-refractivity contribution in [3.05, 3.63) is 0 Å². The van der Waals surface area contributed by atoms with Gasteiger partial charge >= 0.3 is 5.97 Å². The van der Waals surface area contributed by atoms with Crippen molar-refractivity contribution in [3.8, 4) is 0 Å². The van der Waals surface area contributed by atoms with Gasteiger partial charge in [-0.3, -0.25) is 9.59 Å². The van der Waals surface area contributed by atoms with Gasteiger partial charge in [-0.2, -0.15) is 0 Å². The van der Waals surface area contributed by atoms with E-state index < -0.39 is 27.9 Å². The van der Waals surface area contributed by atoms with Crippen molar-refractivity contribution in [2.75, 3.05) is 5.75 Å². The minimum absolute atomic E-state index is 0.0483. The highest BCUT2D eigenvalue weighted by atomic mass is 32.2. The van der Waals surface area contributed by atoms with Crippen LogP contribution >= 0.6 is 0 Å². The molecule has 0 radical (unpaired) electrons. The monoisotopic (exact) mass is 306 g/mol. The Morgan fingerprint density at radius 3 is 2.35 bits per heavy atom. The minimum atomic E-state index is -3.66. The number of amides is 1. The molecule has 0 aromatic heterocycles. The summed E-state index contributed by atoms with van der Waals surface area (Å²) in [6, 6.07) is -1.30. The predicted molar refractivity (Wildman–Crippen MR) is 73.3 cm³/mol. The molecule has 4 N–H and O–H groups in total. The lowest BCUT2D eigenvalue weighted by Gasteiger charge is -2.22. The van der Waals surface area contributed by atoms with Gasteiger partial charge in [-0.05, 0) is 25.2 Å². The molecule has 1 aliphatic carbocycles. The normalized spacial score (nSPS) is 18.6. The quantitative estimate of drug-likeness (QED) is 0.590. The summed E-state index contributed by atoms with van der Waals surface area (Å²) in [5, 5.41) is 8.98. The SMILES string of the molecule is NC(=O)CCC(NS(=O)(=O)CC1CCCCC1)C(=O)O. The molecule has 1 fully saturated rings. The Hall–Kier alpha value is -1.15. The van der Waals surface area contributed by atoms with Crippen molar-refractivity contribution < 1.29 is 23.1 Å². The number of carbonyl (C=O) groups excluding carboxylic acids is 1. The van der Waals surface area contributed by atoms with Gasteiger partial charge in [-0.25, -0.2) is 13.1 Å². The maximum Gasteiger partial charge on any atom is 0.321 e. The van der Waals surface area contributed by atoms with E-state index in [1.54, 1.807) is 0 Å². The Kier molecular flexibility index (Phi) is 6.41. The summed E-state index contributed by atoms with van der Waals surface area (Å²) in [6.07, 6.45) is 4.59. The molecule has 0 aromatic carbocycles. The highest BCUT2D eigenvalue weighted by molar-refractivity contribution is 7.89. The van der Waals surface area contributed by atoms with Crippen molar-refractivity contribution in [1.82, 2.24) is 4.72 Å². The van der Waals surface area contributed by atoms with Crippen molar-refractivity contribution in [1.29, 1.82) is 0 Å². The standard InChI is InChI=1S/C12H22N2O5S/c13-11(15)7-6-10(12(16)17)14-20(18,19)8-9-4-2-1-3-5-9/h9-10,14H,1-8H2,(H2,13,15)(H,16,17). The van der Waals surface area contributed by atoms with Crippen LogP contribution in [0.25, 0.3) is 0 Å². The van der Waals surface area contributed by atoms with E-state index in [0.29, 0.717) is 0 Å². The Labute approximate surface area is 119 Å². The number of nitrogens with one attached hydrogen (secondary N) is 1. The number of carboxylic acid groups (broad SMARTS) is 1. The number of hydrogen-bond acceptors (Lipinski definition) is 4. The summed E-state index contributed by atoms with van der Waals surface area (Å²) >= 11 is 0. The fourth-order valence-corrected chi connectivity index (χ4v) is 4.15. The van der Waals surface area contributed by atoms with Crippen LogP contribution in [0.2, 0.25) is 0 Å². The molecule has 0 aromatic rings. The molecule has 7 nitrogen and oxygen atoms in total. The second kappa shape index (κ2) is 7.58. The third-order valence-corrected chi connectivity index (χ3v) is 5.03. The first-order valence-corrected chi connectivity index (χ1v) is 8.46. The van der Waals surface area contributed by atoms with E-state index in [2.05, 4.69) is 4.72 Å². The number of sulfonamides is 1. The fraction of sp³-hybridized carbons (Fsp3) is 0.833. The number of rotatable bonds is 8. The van der Waals surface area contributed by atoms with Crippen molar-refractivity contribution in [2.45, 2.75) is 51.0 Å². The van der Waals surface area contributed by atoms with Gasteiger partial charge in [0.1, 0.15) is 6.04 Å². The number of hydrogen-bond donors (Lipinski definition) is 3. The summed E-state index contributed by atoms with van der Waals surface area (Å²) in [4.78, 5) is 21.7. The highest BCUT2D eigenvalue weighted by Crippen LogP contribution is 2.24. The molecule has 0 aliphatic heterocycles. The number of carboxylic acids is 1. The molecule has 20 heavy (non-hydrogen) atoms.